The molecule has 1 aliphatic rings. The van der Waals surface area contributed by atoms with Gasteiger partial charge in [-0.2, -0.15) is 0 Å². The van der Waals surface area contributed by atoms with Gasteiger partial charge in [-0.05, 0) is 25.5 Å². The SMILES string of the molecule is C[C@@H]1CN(C[C@H](O)COc2ccccc2-c2ccccc2)C[C@@H](C)O1. The van der Waals surface area contributed by atoms with E-state index in [9.17, 15) is 5.11 Å². The molecule has 2 aromatic rings. The number of hydrogen-bond donors (Lipinski definition) is 1. The number of ether oxygens (including phenoxy) is 2. The molecule has 0 radical (unpaired) electrons. The van der Waals surface area contributed by atoms with Crippen LogP contribution < -0.4 is 4.74 Å². The van der Waals surface area contributed by atoms with E-state index in [4.69, 9.17) is 9.47 Å². The van der Waals surface area contributed by atoms with E-state index in [2.05, 4.69) is 30.9 Å². The topological polar surface area (TPSA) is 41.9 Å². The number of aliphatic hydroxyl groups excluding tert-OH is 1. The summed E-state index contributed by atoms with van der Waals surface area (Å²) in [6.07, 6.45) is -0.118. The Balaban J connectivity index is 1.58. The summed E-state index contributed by atoms with van der Waals surface area (Å²) in [6.45, 7) is 6.73. The first-order valence-electron chi connectivity index (χ1n) is 8.95. The highest BCUT2D eigenvalue weighted by atomic mass is 16.5. The van der Waals surface area contributed by atoms with Crippen LogP contribution in [0.4, 0.5) is 0 Å². The Morgan fingerprint density at radius 3 is 2.40 bits per heavy atom. The molecule has 3 rings (SSSR count). The standard InChI is InChI=1S/C21H27NO3/c1-16-12-22(13-17(2)25-16)14-19(23)15-24-21-11-7-6-10-20(21)18-8-4-3-5-9-18/h3-11,16-17,19,23H,12-15H2,1-2H3/t16-,17-,19+/m1/s1. The van der Waals surface area contributed by atoms with Crippen molar-refractivity contribution in [2.75, 3.05) is 26.2 Å². The van der Waals surface area contributed by atoms with Gasteiger partial charge in [0, 0.05) is 25.2 Å². The second-order valence-corrected chi connectivity index (χ2v) is 6.80. The van der Waals surface area contributed by atoms with Crippen LogP contribution in [-0.4, -0.2) is 54.6 Å². The molecule has 0 aromatic heterocycles. The minimum absolute atomic E-state index is 0.204. The zero-order chi connectivity index (χ0) is 17.6. The minimum Gasteiger partial charge on any atom is -0.490 e. The van der Waals surface area contributed by atoms with Crippen LogP contribution in [-0.2, 0) is 4.74 Å². The average molecular weight is 341 g/mol. The predicted octanol–water partition coefficient (Wildman–Crippen LogP) is 3.20. The summed E-state index contributed by atoms with van der Waals surface area (Å²) in [7, 11) is 0. The third kappa shape index (κ3) is 5.05. The molecular weight excluding hydrogens is 314 g/mol. The fraction of sp³-hybridized carbons (Fsp3) is 0.429. The molecular formula is C21H27NO3. The highest BCUT2D eigenvalue weighted by molar-refractivity contribution is 5.70. The molecule has 3 atom stereocenters. The van der Waals surface area contributed by atoms with Crippen molar-refractivity contribution in [3.8, 4) is 16.9 Å². The second kappa shape index (κ2) is 8.48. The molecule has 1 N–H and O–H groups in total. The van der Waals surface area contributed by atoms with Crippen molar-refractivity contribution in [3.05, 3.63) is 54.6 Å². The minimum atomic E-state index is -0.527. The van der Waals surface area contributed by atoms with Gasteiger partial charge in [0.15, 0.2) is 0 Å². The van der Waals surface area contributed by atoms with E-state index in [-0.39, 0.29) is 18.8 Å². The van der Waals surface area contributed by atoms with Crippen molar-refractivity contribution < 1.29 is 14.6 Å². The maximum Gasteiger partial charge on any atom is 0.127 e. The number of benzene rings is 2. The molecule has 0 amide bonds. The van der Waals surface area contributed by atoms with Gasteiger partial charge in [-0.1, -0.05) is 48.5 Å². The molecule has 4 heteroatoms. The third-order valence-corrected chi connectivity index (χ3v) is 4.37. The van der Waals surface area contributed by atoms with Crippen molar-refractivity contribution in [3.63, 3.8) is 0 Å². The molecule has 1 heterocycles. The van der Waals surface area contributed by atoms with Gasteiger partial charge in [0.25, 0.3) is 0 Å². The van der Waals surface area contributed by atoms with Crippen LogP contribution in [0.25, 0.3) is 11.1 Å². The van der Waals surface area contributed by atoms with Crippen LogP contribution in [0.2, 0.25) is 0 Å². The number of morpholine rings is 1. The Hall–Kier alpha value is -1.88. The van der Waals surface area contributed by atoms with Crippen molar-refractivity contribution in [1.82, 2.24) is 4.90 Å². The Labute approximate surface area is 150 Å². The highest BCUT2D eigenvalue weighted by Crippen LogP contribution is 2.29. The van der Waals surface area contributed by atoms with E-state index >= 15 is 0 Å². The van der Waals surface area contributed by atoms with E-state index in [1.165, 1.54) is 0 Å². The fourth-order valence-electron chi connectivity index (χ4n) is 3.42. The number of hydrogen-bond acceptors (Lipinski definition) is 4. The van der Waals surface area contributed by atoms with Crippen LogP contribution in [0.15, 0.2) is 54.6 Å². The molecule has 1 aliphatic heterocycles. The summed E-state index contributed by atoms with van der Waals surface area (Å²) < 4.78 is 11.7. The Morgan fingerprint density at radius 1 is 1.04 bits per heavy atom. The monoisotopic (exact) mass is 341 g/mol. The first-order valence-corrected chi connectivity index (χ1v) is 8.95. The fourth-order valence-corrected chi connectivity index (χ4v) is 3.42. The molecule has 0 unspecified atom stereocenters. The normalized spacial score (nSPS) is 22.5. The lowest BCUT2D eigenvalue weighted by Crippen LogP contribution is -2.48. The van der Waals surface area contributed by atoms with Crippen molar-refractivity contribution in [2.45, 2.75) is 32.2 Å². The summed E-state index contributed by atoms with van der Waals surface area (Å²) >= 11 is 0. The van der Waals surface area contributed by atoms with Gasteiger partial charge in [-0.3, -0.25) is 4.90 Å². The van der Waals surface area contributed by atoms with Gasteiger partial charge in [-0.15, -0.1) is 0 Å². The lowest BCUT2D eigenvalue weighted by atomic mass is 10.1. The molecule has 4 nitrogen and oxygen atoms in total. The summed E-state index contributed by atoms with van der Waals surface area (Å²) in [5, 5.41) is 10.4. The molecule has 0 saturated carbocycles. The van der Waals surface area contributed by atoms with Gasteiger partial charge in [-0.25, -0.2) is 0 Å². The zero-order valence-corrected chi connectivity index (χ0v) is 15.0. The van der Waals surface area contributed by atoms with Crippen LogP contribution in [0, 0.1) is 0 Å². The smallest absolute Gasteiger partial charge is 0.127 e. The third-order valence-electron chi connectivity index (χ3n) is 4.37. The number of nitrogens with zero attached hydrogens (tertiary/aromatic N) is 1. The van der Waals surface area contributed by atoms with Gasteiger partial charge in [0.05, 0.1) is 12.2 Å². The quantitative estimate of drug-likeness (QED) is 0.876. The Kier molecular flexibility index (Phi) is 6.08. The first kappa shape index (κ1) is 17.9. The number of rotatable bonds is 6. The highest BCUT2D eigenvalue weighted by Gasteiger charge is 2.24. The molecule has 1 fully saturated rings. The van der Waals surface area contributed by atoms with Gasteiger partial charge >= 0.3 is 0 Å². The Morgan fingerprint density at radius 2 is 1.68 bits per heavy atom. The van der Waals surface area contributed by atoms with Crippen molar-refractivity contribution in [2.24, 2.45) is 0 Å². The average Bonchev–Trinajstić information content (AvgIpc) is 2.60. The molecule has 0 aliphatic carbocycles. The van der Waals surface area contributed by atoms with Gasteiger partial charge in [0.1, 0.15) is 18.5 Å². The van der Waals surface area contributed by atoms with Crippen molar-refractivity contribution in [1.29, 1.82) is 0 Å². The van der Waals surface area contributed by atoms with Crippen LogP contribution in [0.5, 0.6) is 5.75 Å². The second-order valence-electron chi connectivity index (χ2n) is 6.80. The zero-order valence-electron chi connectivity index (χ0n) is 15.0. The van der Waals surface area contributed by atoms with Gasteiger partial charge in [0.2, 0.25) is 0 Å². The summed E-state index contributed by atoms with van der Waals surface area (Å²) in [5.41, 5.74) is 2.16. The molecule has 0 bridgehead atoms. The molecule has 134 valence electrons. The first-order chi connectivity index (χ1) is 12.1. The largest absolute Gasteiger partial charge is 0.490 e. The van der Waals surface area contributed by atoms with Gasteiger partial charge < -0.3 is 14.6 Å². The van der Waals surface area contributed by atoms with Crippen LogP contribution in [0.1, 0.15) is 13.8 Å². The predicted molar refractivity (Wildman–Crippen MR) is 99.8 cm³/mol. The summed E-state index contributed by atoms with van der Waals surface area (Å²) in [4.78, 5) is 2.25. The number of para-hydroxylation sites is 1. The summed E-state index contributed by atoms with van der Waals surface area (Å²) in [6, 6.07) is 18.1. The Bertz CT molecular complexity index is 651. The summed E-state index contributed by atoms with van der Waals surface area (Å²) in [5.74, 6) is 0.802. The maximum absolute atomic E-state index is 10.4. The lowest BCUT2D eigenvalue weighted by molar-refractivity contribution is -0.0786. The van der Waals surface area contributed by atoms with E-state index in [1.54, 1.807) is 0 Å². The van der Waals surface area contributed by atoms with Crippen LogP contribution in [0.3, 0.4) is 0 Å². The number of β-amino-alcohol motifs (C(OH)–C–C–N with tert-alkyl or cyclic N) is 1. The van der Waals surface area contributed by atoms with E-state index in [1.807, 2.05) is 42.5 Å². The van der Waals surface area contributed by atoms with E-state index in [0.717, 1.165) is 30.0 Å². The number of aliphatic hydroxyl groups is 1. The van der Waals surface area contributed by atoms with Crippen LogP contribution >= 0.6 is 0 Å². The molecule has 2 aromatic carbocycles. The van der Waals surface area contributed by atoms with E-state index < -0.39 is 6.10 Å². The maximum atomic E-state index is 10.4. The lowest BCUT2D eigenvalue weighted by Gasteiger charge is -2.36. The molecule has 1 saturated heterocycles. The van der Waals surface area contributed by atoms with E-state index in [0.29, 0.717) is 6.54 Å². The van der Waals surface area contributed by atoms with Crippen molar-refractivity contribution >= 4 is 0 Å². The molecule has 25 heavy (non-hydrogen) atoms. The molecule has 0 spiro atoms.